The summed E-state index contributed by atoms with van der Waals surface area (Å²) < 4.78 is 2.07. The average molecular weight is 404 g/mol. The molecule has 1 atom stereocenters. The minimum Gasteiger partial charge on any atom is -0.333 e. The Balaban J connectivity index is 1.47. The maximum Gasteiger partial charge on any atom is 0.255 e. The first-order chi connectivity index (χ1) is 14.5. The van der Waals surface area contributed by atoms with Gasteiger partial charge in [-0.15, -0.1) is 0 Å². The van der Waals surface area contributed by atoms with Gasteiger partial charge in [0.15, 0.2) is 0 Å². The van der Waals surface area contributed by atoms with E-state index in [1.165, 1.54) is 18.4 Å². The first-order valence-corrected chi connectivity index (χ1v) is 10.5. The molecule has 2 aliphatic heterocycles. The van der Waals surface area contributed by atoms with Crippen molar-refractivity contribution in [3.63, 3.8) is 0 Å². The highest BCUT2D eigenvalue weighted by atomic mass is 16.2. The standard InChI is InChI=1S/C23H24N4O3/c1-26-13-24-20(21(26)14-5-3-2-4-6-14)15-7-8-17-16(11-15)12-27(23(17)30)18-9-10-19(28)25-22(18)29/h5,7-8,11,13,18H,2-4,6,9-10,12H2,1H3,(H,25,28,29). The molecule has 3 aliphatic rings. The van der Waals surface area contributed by atoms with E-state index in [1.54, 1.807) is 4.90 Å². The molecule has 0 saturated carbocycles. The predicted octanol–water partition coefficient (Wildman–Crippen LogP) is 2.81. The number of nitrogens with one attached hydrogen (secondary N) is 1. The Hall–Kier alpha value is -3.22. The fraction of sp³-hybridized carbons (Fsp3) is 0.391. The number of carbonyl (C=O) groups excluding carboxylic acids is 3. The van der Waals surface area contributed by atoms with Gasteiger partial charge in [-0.2, -0.15) is 0 Å². The van der Waals surface area contributed by atoms with Gasteiger partial charge in [-0.05, 0) is 55.4 Å². The fourth-order valence-electron chi connectivity index (χ4n) is 4.80. The second-order valence-corrected chi connectivity index (χ2v) is 8.30. The molecule has 3 heterocycles. The van der Waals surface area contributed by atoms with E-state index in [4.69, 9.17) is 0 Å². The first kappa shape index (κ1) is 18.8. The summed E-state index contributed by atoms with van der Waals surface area (Å²) >= 11 is 0. The van der Waals surface area contributed by atoms with Gasteiger partial charge in [0.1, 0.15) is 6.04 Å². The SMILES string of the molecule is Cn1cnc(-c2ccc3c(c2)CN(C2CCC(=O)NC2=O)C3=O)c1C1=CCCCC1. The second kappa shape index (κ2) is 7.23. The number of fused-ring (bicyclic) bond motifs is 1. The van der Waals surface area contributed by atoms with Gasteiger partial charge in [-0.1, -0.05) is 12.1 Å². The molecule has 1 fully saturated rings. The second-order valence-electron chi connectivity index (χ2n) is 8.30. The molecule has 1 saturated heterocycles. The number of hydrogen-bond donors (Lipinski definition) is 1. The van der Waals surface area contributed by atoms with Crippen LogP contribution in [0.25, 0.3) is 16.8 Å². The van der Waals surface area contributed by atoms with Gasteiger partial charge in [-0.3, -0.25) is 19.7 Å². The van der Waals surface area contributed by atoms with Crippen LogP contribution in [-0.2, 0) is 23.2 Å². The zero-order chi connectivity index (χ0) is 20.8. The number of amides is 3. The first-order valence-electron chi connectivity index (χ1n) is 10.5. The summed E-state index contributed by atoms with van der Waals surface area (Å²) in [5, 5.41) is 2.35. The summed E-state index contributed by atoms with van der Waals surface area (Å²) in [5.41, 5.74) is 5.90. The van der Waals surface area contributed by atoms with E-state index in [9.17, 15) is 14.4 Å². The van der Waals surface area contributed by atoms with Gasteiger partial charge in [0.25, 0.3) is 5.91 Å². The van der Waals surface area contributed by atoms with Crippen LogP contribution in [0.15, 0.2) is 30.6 Å². The summed E-state index contributed by atoms with van der Waals surface area (Å²) in [6, 6.07) is 5.21. The fourth-order valence-corrected chi connectivity index (χ4v) is 4.80. The predicted molar refractivity (Wildman–Crippen MR) is 111 cm³/mol. The molecule has 154 valence electrons. The normalized spacial score (nSPS) is 21.5. The van der Waals surface area contributed by atoms with Gasteiger partial charge in [0, 0.05) is 31.1 Å². The lowest BCUT2D eigenvalue weighted by atomic mass is 9.94. The van der Waals surface area contributed by atoms with E-state index in [1.807, 2.05) is 31.6 Å². The highest BCUT2D eigenvalue weighted by Crippen LogP contribution is 2.36. The summed E-state index contributed by atoms with van der Waals surface area (Å²) in [7, 11) is 2.02. The monoisotopic (exact) mass is 404 g/mol. The van der Waals surface area contributed by atoms with E-state index in [2.05, 4.69) is 20.9 Å². The molecule has 3 amide bonds. The van der Waals surface area contributed by atoms with E-state index >= 15 is 0 Å². The molecule has 1 N–H and O–H groups in total. The number of carbonyl (C=O) groups is 3. The minimum atomic E-state index is -0.594. The molecule has 0 radical (unpaired) electrons. The van der Waals surface area contributed by atoms with Gasteiger partial charge < -0.3 is 9.47 Å². The Morgan fingerprint density at radius 1 is 1.13 bits per heavy atom. The molecule has 1 aromatic heterocycles. The number of imide groups is 1. The van der Waals surface area contributed by atoms with E-state index in [0.717, 1.165) is 35.4 Å². The Kier molecular flexibility index (Phi) is 4.53. The molecule has 0 spiro atoms. The summed E-state index contributed by atoms with van der Waals surface area (Å²) in [5.74, 6) is -0.812. The average Bonchev–Trinajstić information content (AvgIpc) is 3.28. The summed E-state index contributed by atoms with van der Waals surface area (Å²) in [4.78, 5) is 42.9. The van der Waals surface area contributed by atoms with Crippen molar-refractivity contribution in [3.8, 4) is 11.3 Å². The van der Waals surface area contributed by atoms with Crippen molar-refractivity contribution in [2.45, 2.75) is 51.1 Å². The number of allylic oxidation sites excluding steroid dienone is 2. The molecule has 7 heteroatoms. The number of piperidine rings is 1. The van der Waals surface area contributed by atoms with Crippen LogP contribution in [0.5, 0.6) is 0 Å². The van der Waals surface area contributed by atoms with Crippen molar-refractivity contribution in [3.05, 3.63) is 47.4 Å². The number of aromatic nitrogens is 2. The lowest BCUT2D eigenvalue weighted by Gasteiger charge is -2.29. The molecule has 1 unspecified atom stereocenters. The Labute approximate surface area is 174 Å². The number of benzene rings is 1. The van der Waals surface area contributed by atoms with Crippen LogP contribution in [0.2, 0.25) is 0 Å². The highest BCUT2D eigenvalue weighted by Gasteiger charge is 2.39. The van der Waals surface area contributed by atoms with Crippen LogP contribution in [-0.4, -0.2) is 38.2 Å². The van der Waals surface area contributed by atoms with Gasteiger partial charge in [-0.25, -0.2) is 4.98 Å². The number of rotatable bonds is 3. The van der Waals surface area contributed by atoms with Crippen molar-refractivity contribution < 1.29 is 14.4 Å². The van der Waals surface area contributed by atoms with Crippen LogP contribution in [0, 0.1) is 0 Å². The number of nitrogens with zero attached hydrogens (tertiary/aromatic N) is 3. The van der Waals surface area contributed by atoms with Gasteiger partial charge in [0.2, 0.25) is 11.8 Å². The van der Waals surface area contributed by atoms with Crippen molar-refractivity contribution >= 4 is 23.3 Å². The van der Waals surface area contributed by atoms with Gasteiger partial charge in [0.05, 0.1) is 17.7 Å². The van der Waals surface area contributed by atoms with Crippen molar-refractivity contribution in [2.24, 2.45) is 7.05 Å². The van der Waals surface area contributed by atoms with Crippen molar-refractivity contribution in [1.29, 1.82) is 0 Å². The number of imidazole rings is 1. The third-order valence-corrected chi connectivity index (χ3v) is 6.33. The van der Waals surface area contributed by atoms with Crippen LogP contribution in [0.1, 0.15) is 60.1 Å². The van der Waals surface area contributed by atoms with Crippen LogP contribution < -0.4 is 5.32 Å². The van der Waals surface area contributed by atoms with Gasteiger partial charge >= 0.3 is 0 Å². The molecule has 30 heavy (non-hydrogen) atoms. The smallest absolute Gasteiger partial charge is 0.255 e. The molecule has 5 rings (SSSR count). The van der Waals surface area contributed by atoms with Crippen molar-refractivity contribution in [1.82, 2.24) is 19.8 Å². The lowest BCUT2D eigenvalue weighted by molar-refractivity contribution is -0.136. The largest absolute Gasteiger partial charge is 0.333 e. The Morgan fingerprint density at radius 2 is 2.00 bits per heavy atom. The van der Waals surface area contributed by atoms with Crippen LogP contribution in [0.4, 0.5) is 0 Å². The highest BCUT2D eigenvalue weighted by molar-refractivity contribution is 6.05. The number of aryl methyl sites for hydroxylation is 1. The molecular weight excluding hydrogens is 380 g/mol. The summed E-state index contributed by atoms with van der Waals surface area (Å²) in [6.45, 7) is 0.374. The quantitative estimate of drug-likeness (QED) is 0.798. The molecule has 2 aromatic rings. The molecule has 1 aliphatic carbocycles. The number of hydrogen-bond acceptors (Lipinski definition) is 4. The van der Waals surface area contributed by atoms with Crippen molar-refractivity contribution in [2.75, 3.05) is 0 Å². The summed E-state index contributed by atoms with van der Waals surface area (Å²) in [6.07, 6.45) is 9.35. The maximum absolute atomic E-state index is 12.9. The lowest BCUT2D eigenvalue weighted by Crippen LogP contribution is -2.52. The van der Waals surface area contributed by atoms with Crippen LogP contribution in [0.3, 0.4) is 0 Å². The minimum absolute atomic E-state index is 0.151. The third-order valence-electron chi connectivity index (χ3n) is 6.33. The topological polar surface area (TPSA) is 84.3 Å². The molecule has 1 aromatic carbocycles. The maximum atomic E-state index is 12.9. The Morgan fingerprint density at radius 3 is 2.77 bits per heavy atom. The van der Waals surface area contributed by atoms with E-state index in [-0.39, 0.29) is 24.1 Å². The van der Waals surface area contributed by atoms with E-state index in [0.29, 0.717) is 18.5 Å². The van der Waals surface area contributed by atoms with Crippen LogP contribution >= 0.6 is 0 Å². The van der Waals surface area contributed by atoms with E-state index < -0.39 is 6.04 Å². The molecule has 0 bridgehead atoms. The zero-order valence-electron chi connectivity index (χ0n) is 17.0. The zero-order valence-corrected chi connectivity index (χ0v) is 17.0. The third kappa shape index (κ3) is 3.05. The molecule has 7 nitrogen and oxygen atoms in total. The molecular formula is C23H24N4O3. The Bertz CT molecular complexity index is 1100.